The molecule has 2 aromatic rings. The van der Waals surface area contributed by atoms with Gasteiger partial charge in [-0.1, -0.05) is 12.1 Å². The van der Waals surface area contributed by atoms with E-state index >= 15 is 0 Å². The summed E-state index contributed by atoms with van der Waals surface area (Å²) in [7, 11) is 0. The number of nitrogens with zero attached hydrogens (tertiary/aromatic N) is 1. The number of nitrogens with two attached hydrogens (primary N) is 1. The maximum Gasteiger partial charge on any atom is 0.0991 e. The van der Waals surface area contributed by atoms with Crippen molar-refractivity contribution in [2.45, 2.75) is 13.2 Å². The summed E-state index contributed by atoms with van der Waals surface area (Å²) in [5, 5.41) is 7.83. The van der Waals surface area contributed by atoms with E-state index in [1.807, 2.05) is 24.3 Å². The van der Waals surface area contributed by atoms with Gasteiger partial charge >= 0.3 is 0 Å². The highest BCUT2D eigenvalue weighted by atomic mass is 16.3. The number of imidazole rings is 1. The Hall–Kier alpha value is -1.39. The van der Waals surface area contributed by atoms with Crippen LogP contribution >= 0.6 is 0 Å². The zero-order chi connectivity index (χ0) is 9.68. The van der Waals surface area contributed by atoms with E-state index < -0.39 is 6.23 Å². The van der Waals surface area contributed by atoms with Crippen LogP contribution in [0.25, 0.3) is 11.0 Å². The summed E-state index contributed by atoms with van der Waals surface area (Å²) >= 11 is 0. The number of rotatable bonds is 0. The van der Waals surface area contributed by atoms with Gasteiger partial charge in [-0.05, 0) is 19.1 Å². The molecule has 0 amide bonds. The van der Waals surface area contributed by atoms with Crippen LogP contribution < -0.4 is 5.73 Å². The fourth-order valence-corrected chi connectivity index (χ4v) is 0.880. The van der Waals surface area contributed by atoms with Crippen molar-refractivity contribution in [1.82, 2.24) is 9.97 Å². The van der Waals surface area contributed by atoms with E-state index in [4.69, 9.17) is 5.11 Å². The molecule has 1 aromatic carbocycles. The van der Waals surface area contributed by atoms with Crippen LogP contribution in [0.5, 0.6) is 0 Å². The van der Waals surface area contributed by atoms with Crippen molar-refractivity contribution in [2.24, 2.45) is 5.73 Å². The van der Waals surface area contributed by atoms with Crippen molar-refractivity contribution in [2.75, 3.05) is 0 Å². The molecule has 0 bridgehead atoms. The minimum Gasteiger partial charge on any atom is -0.379 e. The van der Waals surface area contributed by atoms with E-state index in [0.717, 1.165) is 11.0 Å². The number of benzene rings is 1. The lowest BCUT2D eigenvalue weighted by molar-refractivity contribution is 0.203. The molecule has 0 aliphatic heterocycles. The number of nitrogens with one attached hydrogen (secondary N) is 1. The molecule has 4 nitrogen and oxygen atoms in total. The van der Waals surface area contributed by atoms with E-state index in [1.165, 1.54) is 6.92 Å². The molecule has 2 rings (SSSR count). The van der Waals surface area contributed by atoms with Gasteiger partial charge in [0.1, 0.15) is 0 Å². The molecule has 1 heterocycles. The summed E-state index contributed by atoms with van der Waals surface area (Å²) in [4.78, 5) is 7.07. The van der Waals surface area contributed by atoms with E-state index in [9.17, 15) is 0 Å². The minimum atomic E-state index is -0.667. The number of H-pyrrole nitrogens is 1. The van der Waals surface area contributed by atoms with Gasteiger partial charge in [0.05, 0.1) is 23.6 Å². The summed E-state index contributed by atoms with van der Waals surface area (Å²) in [6.45, 7) is 1.50. The van der Waals surface area contributed by atoms with Gasteiger partial charge in [-0.15, -0.1) is 0 Å². The third kappa shape index (κ3) is 3.23. The molecular weight excluding hydrogens is 166 g/mol. The SMILES string of the molecule is CC(N)O.c1ccc2[nH]cnc2c1. The van der Waals surface area contributed by atoms with Crippen LogP contribution in [-0.4, -0.2) is 21.3 Å². The van der Waals surface area contributed by atoms with Crippen molar-refractivity contribution >= 4 is 11.0 Å². The summed E-state index contributed by atoms with van der Waals surface area (Å²) in [5.74, 6) is 0. The van der Waals surface area contributed by atoms with Crippen molar-refractivity contribution in [3.63, 3.8) is 0 Å². The Balaban J connectivity index is 0.000000184. The first kappa shape index (κ1) is 9.70. The summed E-state index contributed by atoms with van der Waals surface area (Å²) in [6, 6.07) is 7.94. The smallest absolute Gasteiger partial charge is 0.0991 e. The lowest BCUT2D eigenvalue weighted by Crippen LogP contribution is -2.11. The predicted octanol–water partition coefficient (Wildman–Crippen LogP) is 0.846. The molecule has 0 aliphatic rings. The van der Waals surface area contributed by atoms with E-state index in [1.54, 1.807) is 6.33 Å². The zero-order valence-electron chi connectivity index (χ0n) is 7.44. The average molecular weight is 179 g/mol. The molecule has 13 heavy (non-hydrogen) atoms. The Labute approximate surface area is 76.4 Å². The normalized spacial score (nSPS) is 11.9. The number of aliphatic hydroxyl groups is 1. The number of hydrogen-bond donors (Lipinski definition) is 3. The van der Waals surface area contributed by atoms with Gasteiger partial charge in [0.15, 0.2) is 0 Å². The number of aliphatic hydroxyl groups excluding tert-OH is 1. The van der Waals surface area contributed by atoms with Crippen LogP contribution in [0, 0.1) is 0 Å². The fourth-order valence-electron chi connectivity index (χ4n) is 0.880. The molecule has 1 aromatic heterocycles. The summed E-state index contributed by atoms with van der Waals surface area (Å²) in [6.07, 6.45) is 1.03. The topological polar surface area (TPSA) is 74.9 Å². The van der Waals surface area contributed by atoms with E-state index in [-0.39, 0.29) is 0 Å². The first-order valence-electron chi connectivity index (χ1n) is 4.02. The van der Waals surface area contributed by atoms with Crippen LogP contribution in [0.4, 0.5) is 0 Å². The van der Waals surface area contributed by atoms with Crippen LogP contribution in [0.1, 0.15) is 6.92 Å². The summed E-state index contributed by atoms with van der Waals surface area (Å²) < 4.78 is 0. The second-order valence-corrected chi connectivity index (χ2v) is 2.66. The first-order chi connectivity index (χ1) is 6.20. The second-order valence-electron chi connectivity index (χ2n) is 2.66. The number of aromatic nitrogens is 2. The van der Waals surface area contributed by atoms with Crippen molar-refractivity contribution in [3.8, 4) is 0 Å². The largest absolute Gasteiger partial charge is 0.379 e. The standard InChI is InChI=1S/C7H6N2.C2H7NO/c1-2-4-7-6(3-1)8-5-9-7;1-2(3)4/h1-5H,(H,8,9);2,4H,3H2,1H3. The molecule has 0 fully saturated rings. The highest BCUT2D eigenvalue weighted by molar-refractivity contribution is 5.73. The van der Waals surface area contributed by atoms with E-state index in [0.29, 0.717) is 0 Å². The third-order valence-corrected chi connectivity index (χ3v) is 1.33. The number of fused-ring (bicyclic) bond motifs is 1. The molecule has 1 atom stereocenters. The number of para-hydroxylation sites is 2. The van der Waals surface area contributed by atoms with Crippen LogP contribution in [0.2, 0.25) is 0 Å². The molecule has 0 spiro atoms. The Bertz CT molecular complexity index is 323. The molecule has 0 saturated heterocycles. The molecule has 0 aliphatic carbocycles. The molecule has 70 valence electrons. The Kier molecular flexibility index (Phi) is 3.42. The molecular formula is C9H13N3O. The second kappa shape index (κ2) is 4.59. The lowest BCUT2D eigenvalue weighted by atomic mass is 10.3. The van der Waals surface area contributed by atoms with Gasteiger partial charge < -0.3 is 15.8 Å². The van der Waals surface area contributed by atoms with Gasteiger partial charge in [-0.3, -0.25) is 0 Å². The highest BCUT2D eigenvalue weighted by Crippen LogP contribution is 2.05. The van der Waals surface area contributed by atoms with Crippen molar-refractivity contribution in [1.29, 1.82) is 0 Å². The molecule has 4 heteroatoms. The maximum atomic E-state index is 7.83. The van der Waals surface area contributed by atoms with Crippen molar-refractivity contribution < 1.29 is 5.11 Å². The van der Waals surface area contributed by atoms with Crippen LogP contribution in [0.15, 0.2) is 30.6 Å². The summed E-state index contributed by atoms with van der Waals surface area (Å²) in [5.41, 5.74) is 6.79. The third-order valence-electron chi connectivity index (χ3n) is 1.33. The highest BCUT2D eigenvalue weighted by Gasteiger charge is 1.88. The quantitative estimate of drug-likeness (QED) is 0.525. The monoisotopic (exact) mass is 179 g/mol. The zero-order valence-corrected chi connectivity index (χ0v) is 7.44. The van der Waals surface area contributed by atoms with Crippen molar-refractivity contribution in [3.05, 3.63) is 30.6 Å². The average Bonchev–Trinajstić information content (AvgIpc) is 2.49. The maximum absolute atomic E-state index is 7.83. The first-order valence-corrected chi connectivity index (χ1v) is 4.02. The van der Waals surface area contributed by atoms with E-state index in [2.05, 4.69) is 15.7 Å². The fraction of sp³-hybridized carbons (Fsp3) is 0.222. The van der Waals surface area contributed by atoms with Gasteiger partial charge in [0.25, 0.3) is 0 Å². The van der Waals surface area contributed by atoms with Crippen LogP contribution in [0.3, 0.4) is 0 Å². The Morgan fingerprint density at radius 3 is 2.69 bits per heavy atom. The van der Waals surface area contributed by atoms with Gasteiger partial charge in [-0.2, -0.15) is 0 Å². The molecule has 0 radical (unpaired) electrons. The lowest BCUT2D eigenvalue weighted by Gasteiger charge is -1.82. The van der Waals surface area contributed by atoms with Crippen LogP contribution in [-0.2, 0) is 0 Å². The Morgan fingerprint density at radius 2 is 2.08 bits per heavy atom. The molecule has 1 unspecified atom stereocenters. The number of aromatic amines is 1. The number of hydrogen-bond acceptors (Lipinski definition) is 3. The predicted molar refractivity (Wildman–Crippen MR) is 52.0 cm³/mol. The van der Waals surface area contributed by atoms with Gasteiger partial charge in [0, 0.05) is 0 Å². The molecule has 0 saturated carbocycles. The van der Waals surface area contributed by atoms with Gasteiger partial charge in [-0.25, -0.2) is 4.98 Å². The minimum absolute atomic E-state index is 0.667. The Morgan fingerprint density at radius 1 is 1.46 bits per heavy atom. The molecule has 4 N–H and O–H groups in total. The van der Waals surface area contributed by atoms with Gasteiger partial charge in [0.2, 0.25) is 0 Å².